The lowest BCUT2D eigenvalue weighted by atomic mass is 10.00. The van der Waals surface area contributed by atoms with Crippen LogP contribution >= 0.6 is 0 Å². The van der Waals surface area contributed by atoms with Crippen LogP contribution in [0.15, 0.2) is 23.0 Å². The van der Waals surface area contributed by atoms with Crippen LogP contribution in [0.25, 0.3) is 0 Å². The second kappa shape index (κ2) is 5.16. The minimum atomic E-state index is -0.101. The number of nitrogens with two attached hydrogens (primary N) is 1. The van der Waals surface area contributed by atoms with E-state index < -0.39 is 0 Å². The van der Waals surface area contributed by atoms with Gasteiger partial charge in [0, 0.05) is 19.6 Å². The van der Waals surface area contributed by atoms with Crippen LogP contribution in [0.2, 0.25) is 0 Å². The van der Waals surface area contributed by atoms with Crippen LogP contribution in [0.1, 0.15) is 18.4 Å². The van der Waals surface area contributed by atoms with Gasteiger partial charge < -0.3 is 15.1 Å². The molecule has 1 saturated heterocycles. The molecule has 1 aliphatic heterocycles. The van der Waals surface area contributed by atoms with Gasteiger partial charge in [-0.3, -0.25) is 4.79 Å². The normalized spacial score (nSPS) is 17.7. The summed E-state index contributed by atoms with van der Waals surface area (Å²) in [5.74, 6) is 0.0944. The fourth-order valence-electron chi connectivity index (χ4n) is 2.16. The molecule has 0 aliphatic carbocycles. The summed E-state index contributed by atoms with van der Waals surface area (Å²) in [4.78, 5) is 14.0. The SMILES string of the molecule is NCC(Cc1ccoc1)C(=O)N1CCCC1. The van der Waals surface area contributed by atoms with E-state index in [1.807, 2.05) is 11.0 Å². The monoisotopic (exact) mass is 222 g/mol. The van der Waals surface area contributed by atoms with Crippen molar-refractivity contribution in [3.05, 3.63) is 24.2 Å². The number of amides is 1. The summed E-state index contributed by atoms with van der Waals surface area (Å²) >= 11 is 0. The van der Waals surface area contributed by atoms with Crippen LogP contribution in [0, 0.1) is 5.92 Å². The van der Waals surface area contributed by atoms with Gasteiger partial charge in [-0.25, -0.2) is 0 Å². The standard InChI is InChI=1S/C12H18N2O2/c13-8-11(7-10-3-6-16-9-10)12(15)14-4-1-2-5-14/h3,6,9,11H,1-2,4-5,7-8,13H2. The molecule has 4 nitrogen and oxygen atoms in total. The second-order valence-corrected chi connectivity index (χ2v) is 4.30. The van der Waals surface area contributed by atoms with Crippen molar-refractivity contribution in [3.8, 4) is 0 Å². The van der Waals surface area contributed by atoms with Gasteiger partial charge in [0.1, 0.15) is 0 Å². The van der Waals surface area contributed by atoms with Gasteiger partial charge in [-0.1, -0.05) is 0 Å². The average molecular weight is 222 g/mol. The summed E-state index contributed by atoms with van der Waals surface area (Å²) in [5, 5.41) is 0. The first-order chi connectivity index (χ1) is 7.81. The molecule has 16 heavy (non-hydrogen) atoms. The summed E-state index contributed by atoms with van der Waals surface area (Å²) in [6.45, 7) is 2.18. The lowest BCUT2D eigenvalue weighted by molar-refractivity contribution is -0.134. The van der Waals surface area contributed by atoms with Crippen molar-refractivity contribution in [3.63, 3.8) is 0 Å². The number of hydrogen-bond donors (Lipinski definition) is 1. The van der Waals surface area contributed by atoms with Crippen molar-refractivity contribution < 1.29 is 9.21 Å². The second-order valence-electron chi connectivity index (χ2n) is 4.30. The van der Waals surface area contributed by atoms with Crippen molar-refractivity contribution in [1.82, 2.24) is 4.90 Å². The molecule has 0 saturated carbocycles. The third-order valence-corrected chi connectivity index (χ3v) is 3.11. The lowest BCUT2D eigenvalue weighted by Gasteiger charge is -2.21. The molecular weight excluding hydrogens is 204 g/mol. The topological polar surface area (TPSA) is 59.5 Å². The predicted molar refractivity (Wildman–Crippen MR) is 60.8 cm³/mol. The predicted octanol–water partition coefficient (Wildman–Crippen LogP) is 1.02. The number of carbonyl (C=O) groups excluding carboxylic acids is 1. The van der Waals surface area contributed by atoms with E-state index in [0.717, 1.165) is 31.5 Å². The zero-order chi connectivity index (χ0) is 11.4. The smallest absolute Gasteiger partial charge is 0.227 e. The van der Waals surface area contributed by atoms with Gasteiger partial charge in [-0.2, -0.15) is 0 Å². The van der Waals surface area contributed by atoms with Gasteiger partial charge in [-0.05, 0) is 30.9 Å². The Morgan fingerprint density at radius 3 is 2.81 bits per heavy atom. The molecule has 1 amide bonds. The first-order valence-corrected chi connectivity index (χ1v) is 5.81. The molecule has 1 aromatic rings. The molecule has 4 heteroatoms. The van der Waals surface area contributed by atoms with E-state index in [0.29, 0.717) is 13.0 Å². The maximum atomic E-state index is 12.1. The third kappa shape index (κ3) is 2.44. The van der Waals surface area contributed by atoms with Crippen molar-refractivity contribution in [2.24, 2.45) is 11.7 Å². The number of rotatable bonds is 4. The molecule has 1 fully saturated rings. The molecule has 1 aliphatic rings. The molecule has 0 aromatic carbocycles. The summed E-state index contributed by atoms with van der Waals surface area (Å²) in [7, 11) is 0. The van der Waals surface area contributed by atoms with E-state index in [2.05, 4.69) is 0 Å². The van der Waals surface area contributed by atoms with Crippen LogP contribution in [0.5, 0.6) is 0 Å². The molecule has 1 aromatic heterocycles. The molecular formula is C12H18N2O2. The van der Waals surface area contributed by atoms with E-state index in [1.54, 1.807) is 12.5 Å². The summed E-state index contributed by atoms with van der Waals surface area (Å²) in [5.41, 5.74) is 6.72. The first-order valence-electron chi connectivity index (χ1n) is 5.81. The Balaban J connectivity index is 1.96. The molecule has 2 N–H and O–H groups in total. The van der Waals surface area contributed by atoms with Crippen molar-refractivity contribution in [2.75, 3.05) is 19.6 Å². The largest absolute Gasteiger partial charge is 0.472 e. The maximum absolute atomic E-state index is 12.1. The Morgan fingerprint density at radius 1 is 1.50 bits per heavy atom. The summed E-state index contributed by atoms with van der Waals surface area (Å²) in [6, 6.07) is 1.89. The van der Waals surface area contributed by atoms with Gasteiger partial charge in [0.25, 0.3) is 0 Å². The zero-order valence-electron chi connectivity index (χ0n) is 9.39. The molecule has 0 spiro atoms. The van der Waals surface area contributed by atoms with Crippen LogP contribution in [-0.2, 0) is 11.2 Å². The van der Waals surface area contributed by atoms with Crippen LogP contribution in [0.3, 0.4) is 0 Å². The van der Waals surface area contributed by atoms with Crippen LogP contribution < -0.4 is 5.73 Å². The third-order valence-electron chi connectivity index (χ3n) is 3.11. The molecule has 2 rings (SSSR count). The highest BCUT2D eigenvalue weighted by Gasteiger charge is 2.25. The van der Waals surface area contributed by atoms with Crippen molar-refractivity contribution in [1.29, 1.82) is 0 Å². The van der Waals surface area contributed by atoms with E-state index >= 15 is 0 Å². The summed E-state index contributed by atoms with van der Waals surface area (Å²) in [6.07, 6.45) is 6.23. The summed E-state index contributed by atoms with van der Waals surface area (Å²) < 4.78 is 5.00. The highest BCUT2D eigenvalue weighted by Crippen LogP contribution is 2.15. The average Bonchev–Trinajstić information content (AvgIpc) is 2.97. The van der Waals surface area contributed by atoms with Gasteiger partial charge in [0.2, 0.25) is 5.91 Å². The lowest BCUT2D eigenvalue weighted by Crippen LogP contribution is -2.38. The number of likely N-dealkylation sites (tertiary alicyclic amines) is 1. The molecule has 0 bridgehead atoms. The Morgan fingerprint density at radius 2 is 2.25 bits per heavy atom. The Kier molecular flexibility index (Phi) is 3.62. The zero-order valence-corrected chi connectivity index (χ0v) is 9.39. The minimum Gasteiger partial charge on any atom is -0.472 e. The highest BCUT2D eigenvalue weighted by molar-refractivity contribution is 5.79. The number of carbonyl (C=O) groups is 1. The van der Waals surface area contributed by atoms with Gasteiger partial charge in [0.05, 0.1) is 18.4 Å². The molecule has 88 valence electrons. The van der Waals surface area contributed by atoms with E-state index in [9.17, 15) is 4.79 Å². The highest BCUT2D eigenvalue weighted by atomic mass is 16.3. The van der Waals surface area contributed by atoms with Gasteiger partial charge in [-0.15, -0.1) is 0 Å². The molecule has 1 atom stereocenters. The molecule has 2 heterocycles. The fourth-order valence-corrected chi connectivity index (χ4v) is 2.16. The Hall–Kier alpha value is -1.29. The van der Waals surface area contributed by atoms with Crippen LogP contribution in [0.4, 0.5) is 0 Å². The van der Waals surface area contributed by atoms with Crippen LogP contribution in [-0.4, -0.2) is 30.4 Å². The number of hydrogen-bond acceptors (Lipinski definition) is 3. The number of furan rings is 1. The quantitative estimate of drug-likeness (QED) is 0.827. The van der Waals surface area contributed by atoms with E-state index in [1.165, 1.54) is 0 Å². The van der Waals surface area contributed by atoms with Gasteiger partial charge >= 0.3 is 0 Å². The van der Waals surface area contributed by atoms with E-state index in [4.69, 9.17) is 10.2 Å². The van der Waals surface area contributed by atoms with Crippen molar-refractivity contribution >= 4 is 5.91 Å². The fraction of sp³-hybridized carbons (Fsp3) is 0.583. The Labute approximate surface area is 95.4 Å². The number of nitrogens with zero attached hydrogens (tertiary/aromatic N) is 1. The maximum Gasteiger partial charge on any atom is 0.227 e. The first kappa shape index (κ1) is 11.2. The Bertz CT molecular complexity index is 329. The van der Waals surface area contributed by atoms with Crippen molar-refractivity contribution in [2.45, 2.75) is 19.3 Å². The minimum absolute atomic E-state index is 0.101. The van der Waals surface area contributed by atoms with Gasteiger partial charge in [0.15, 0.2) is 0 Å². The van der Waals surface area contributed by atoms with E-state index in [-0.39, 0.29) is 11.8 Å². The molecule has 0 radical (unpaired) electrons. The molecule has 1 unspecified atom stereocenters.